The number of hydrogen-bond acceptors (Lipinski definition) is 5. The number of thiophene rings is 1. The summed E-state index contributed by atoms with van der Waals surface area (Å²) < 4.78 is 1.62. The van der Waals surface area contributed by atoms with E-state index >= 15 is 0 Å². The first-order valence-electron chi connectivity index (χ1n) is 9.70. The highest BCUT2D eigenvalue weighted by Gasteiger charge is 2.25. The Bertz CT molecular complexity index is 1120. The number of benzene rings is 1. The molecule has 1 amide bonds. The quantitative estimate of drug-likeness (QED) is 0.463. The molecule has 1 aromatic carbocycles. The van der Waals surface area contributed by atoms with Gasteiger partial charge in [0.05, 0.1) is 16.8 Å². The molecule has 0 aliphatic heterocycles. The minimum atomic E-state index is -0.0752. The Hall–Kier alpha value is -1.83. The Balaban J connectivity index is 1.87. The molecular weight excluding hydrogens is 426 g/mol. The summed E-state index contributed by atoms with van der Waals surface area (Å²) in [6.45, 7) is 4.71. The molecule has 3 aromatic rings. The number of fused-ring (bicyclic) bond motifs is 3. The maximum Gasteiger partial charge on any atom is 0.267 e. The van der Waals surface area contributed by atoms with Gasteiger partial charge in [0.1, 0.15) is 4.83 Å². The van der Waals surface area contributed by atoms with Gasteiger partial charge in [-0.3, -0.25) is 14.2 Å². The zero-order chi connectivity index (χ0) is 20.5. The first-order valence-corrected chi connectivity index (χ1v) is 11.9. The maximum atomic E-state index is 13.6. The summed E-state index contributed by atoms with van der Waals surface area (Å²) in [7, 11) is 0. The van der Waals surface area contributed by atoms with Gasteiger partial charge in [0.15, 0.2) is 5.16 Å². The van der Waals surface area contributed by atoms with Gasteiger partial charge in [0.2, 0.25) is 5.91 Å². The van der Waals surface area contributed by atoms with Gasteiger partial charge >= 0.3 is 0 Å². The van der Waals surface area contributed by atoms with E-state index in [0.29, 0.717) is 28.3 Å². The zero-order valence-corrected chi connectivity index (χ0v) is 18.7. The standard InChI is InChI=1S/C21H22ClN3O2S2/c1-3-23-17(26)11-28-21-24-19-18(15-9-4-12(2)10-16(15)29-19)20(27)25(21)14-7-5-13(22)6-8-14/h5-8,12H,3-4,9-11H2,1-2H3,(H,23,26)/t12-/m1/s1. The van der Waals surface area contributed by atoms with E-state index in [2.05, 4.69) is 12.2 Å². The molecule has 0 radical (unpaired) electrons. The first-order chi connectivity index (χ1) is 14.0. The van der Waals surface area contributed by atoms with Gasteiger partial charge in [-0.05, 0) is 61.9 Å². The molecule has 152 valence electrons. The monoisotopic (exact) mass is 447 g/mol. The van der Waals surface area contributed by atoms with Crippen molar-refractivity contribution in [3.63, 3.8) is 0 Å². The van der Waals surface area contributed by atoms with Gasteiger partial charge in [-0.2, -0.15) is 0 Å². The third-order valence-electron chi connectivity index (χ3n) is 5.09. The van der Waals surface area contributed by atoms with Crippen LogP contribution in [0.2, 0.25) is 5.02 Å². The molecule has 0 unspecified atom stereocenters. The van der Waals surface area contributed by atoms with E-state index in [1.807, 2.05) is 19.1 Å². The van der Waals surface area contributed by atoms with Gasteiger partial charge in [-0.25, -0.2) is 4.98 Å². The van der Waals surface area contributed by atoms with Crippen molar-refractivity contribution in [2.45, 2.75) is 38.3 Å². The molecule has 0 bridgehead atoms. The van der Waals surface area contributed by atoms with Gasteiger partial charge in [-0.15, -0.1) is 11.3 Å². The number of hydrogen-bond donors (Lipinski definition) is 1. The SMILES string of the molecule is CCNC(=O)CSc1nc2sc3c(c2c(=O)n1-c1ccc(Cl)cc1)CC[C@@H](C)C3. The molecule has 1 N–H and O–H groups in total. The van der Waals surface area contributed by atoms with Gasteiger partial charge < -0.3 is 5.32 Å². The van der Waals surface area contributed by atoms with E-state index in [-0.39, 0.29) is 17.2 Å². The van der Waals surface area contributed by atoms with E-state index in [1.54, 1.807) is 28.0 Å². The fourth-order valence-corrected chi connectivity index (χ4v) is 6.06. The summed E-state index contributed by atoms with van der Waals surface area (Å²) in [5, 5.41) is 4.66. The van der Waals surface area contributed by atoms with Crippen molar-refractivity contribution >= 4 is 50.8 Å². The minimum absolute atomic E-state index is 0.0669. The summed E-state index contributed by atoms with van der Waals surface area (Å²) in [6, 6.07) is 7.15. The van der Waals surface area contributed by atoms with Crippen molar-refractivity contribution in [2.24, 2.45) is 5.92 Å². The van der Waals surface area contributed by atoms with Crippen LogP contribution < -0.4 is 10.9 Å². The lowest BCUT2D eigenvalue weighted by Crippen LogP contribution is -2.26. The number of nitrogens with zero attached hydrogens (tertiary/aromatic N) is 2. The predicted molar refractivity (Wildman–Crippen MR) is 121 cm³/mol. The normalized spacial score (nSPS) is 16.0. The first kappa shape index (κ1) is 20.4. The molecule has 0 saturated heterocycles. The number of halogens is 1. The Kier molecular flexibility index (Phi) is 5.99. The molecule has 1 aliphatic carbocycles. The molecule has 1 atom stereocenters. The van der Waals surface area contributed by atoms with Gasteiger partial charge in [0.25, 0.3) is 5.56 Å². The zero-order valence-electron chi connectivity index (χ0n) is 16.3. The van der Waals surface area contributed by atoms with E-state index in [4.69, 9.17) is 16.6 Å². The molecule has 5 nitrogen and oxygen atoms in total. The molecular formula is C21H22ClN3O2S2. The highest BCUT2D eigenvalue weighted by molar-refractivity contribution is 7.99. The van der Waals surface area contributed by atoms with Crippen LogP contribution in [0.3, 0.4) is 0 Å². The predicted octanol–water partition coefficient (Wildman–Crippen LogP) is 4.45. The van der Waals surface area contributed by atoms with Crippen molar-refractivity contribution in [3.8, 4) is 5.69 Å². The second-order valence-electron chi connectivity index (χ2n) is 7.29. The van der Waals surface area contributed by atoms with Crippen molar-refractivity contribution < 1.29 is 4.79 Å². The molecule has 4 rings (SSSR count). The Labute approximate surface area is 182 Å². The van der Waals surface area contributed by atoms with Gasteiger partial charge in [0, 0.05) is 16.4 Å². The molecule has 0 saturated carbocycles. The van der Waals surface area contributed by atoms with E-state index in [0.717, 1.165) is 35.0 Å². The van der Waals surface area contributed by atoms with Crippen molar-refractivity contribution in [2.75, 3.05) is 12.3 Å². The van der Waals surface area contributed by atoms with Gasteiger partial charge in [-0.1, -0.05) is 30.3 Å². The van der Waals surface area contributed by atoms with Crippen LogP contribution >= 0.6 is 34.7 Å². The van der Waals surface area contributed by atoms with E-state index < -0.39 is 0 Å². The number of amides is 1. The smallest absolute Gasteiger partial charge is 0.267 e. The average molecular weight is 448 g/mol. The summed E-state index contributed by atoms with van der Waals surface area (Å²) in [6.07, 6.45) is 3.00. The van der Waals surface area contributed by atoms with Crippen LogP contribution in [0.1, 0.15) is 30.7 Å². The largest absolute Gasteiger partial charge is 0.356 e. The van der Waals surface area contributed by atoms with Crippen LogP contribution in [-0.2, 0) is 17.6 Å². The number of carbonyl (C=O) groups is 1. The van der Waals surface area contributed by atoms with Crippen LogP contribution in [0.15, 0.2) is 34.2 Å². The molecule has 1 aliphatic rings. The highest BCUT2D eigenvalue weighted by atomic mass is 35.5. The number of nitrogens with one attached hydrogen (secondary N) is 1. The molecule has 8 heteroatoms. The lowest BCUT2D eigenvalue weighted by atomic mass is 9.89. The fraction of sp³-hybridized carbons (Fsp3) is 0.381. The van der Waals surface area contributed by atoms with Crippen LogP contribution in [0, 0.1) is 5.92 Å². The summed E-state index contributed by atoms with van der Waals surface area (Å²) >= 11 is 8.95. The lowest BCUT2D eigenvalue weighted by Gasteiger charge is -2.17. The third-order valence-corrected chi connectivity index (χ3v) is 7.43. The van der Waals surface area contributed by atoms with Crippen LogP contribution in [-0.4, -0.2) is 27.8 Å². The number of aryl methyl sites for hydroxylation is 1. The number of thioether (sulfide) groups is 1. The molecule has 29 heavy (non-hydrogen) atoms. The van der Waals surface area contributed by atoms with Crippen molar-refractivity contribution in [1.82, 2.24) is 14.9 Å². The van der Waals surface area contributed by atoms with Crippen LogP contribution in [0.4, 0.5) is 0 Å². The Morgan fingerprint density at radius 2 is 2.14 bits per heavy atom. The molecule has 2 heterocycles. The summed E-state index contributed by atoms with van der Waals surface area (Å²) in [5.74, 6) is 0.760. The summed E-state index contributed by atoms with van der Waals surface area (Å²) in [5.41, 5.74) is 1.79. The second-order valence-corrected chi connectivity index (χ2v) is 9.75. The van der Waals surface area contributed by atoms with Crippen molar-refractivity contribution in [3.05, 3.63) is 50.1 Å². The number of aromatic nitrogens is 2. The average Bonchev–Trinajstić information content (AvgIpc) is 3.05. The Morgan fingerprint density at radius 3 is 2.86 bits per heavy atom. The van der Waals surface area contributed by atoms with E-state index in [9.17, 15) is 9.59 Å². The third kappa shape index (κ3) is 4.09. The van der Waals surface area contributed by atoms with Crippen LogP contribution in [0.5, 0.6) is 0 Å². The minimum Gasteiger partial charge on any atom is -0.356 e. The number of carbonyl (C=O) groups excluding carboxylic acids is 1. The topological polar surface area (TPSA) is 64.0 Å². The Morgan fingerprint density at radius 1 is 1.38 bits per heavy atom. The number of rotatable bonds is 5. The second kappa shape index (κ2) is 8.50. The maximum absolute atomic E-state index is 13.6. The van der Waals surface area contributed by atoms with Crippen molar-refractivity contribution in [1.29, 1.82) is 0 Å². The highest BCUT2D eigenvalue weighted by Crippen LogP contribution is 2.37. The summed E-state index contributed by atoms with van der Waals surface area (Å²) in [4.78, 5) is 32.5. The molecule has 0 spiro atoms. The molecule has 2 aromatic heterocycles. The lowest BCUT2D eigenvalue weighted by molar-refractivity contribution is -0.118. The van der Waals surface area contributed by atoms with Crippen LogP contribution in [0.25, 0.3) is 15.9 Å². The molecule has 0 fully saturated rings. The fourth-order valence-electron chi connectivity index (χ4n) is 3.66. The van der Waals surface area contributed by atoms with E-state index in [1.165, 1.54) is 16.6 Å².